The van der Waals surface area contributed by atoms with Crippen LogP contribution in [0.4, 0.5) is 0 Å². The van der Waals surface area contributed by atoms with Crippen molar-refractivity contribution in [2.75, 3.05) is 13.7 Å². The first-order chi connectivity index (χ1) is 15.0. The quantitative estimate of drug-likeness (QED) is 0.579. The molecule has 2 aromatic carbocycles. The summed E-state index contributed by atoms with van der Waals surface area (Å²) in [6, 6.07) is 16.3. The molecule has 1 atom stereocenters. The van der Waals surface area contributed by atoms with E-state index in [9.17, 15) is 9.59 Å². The summed E-state index contributed by atoms with van der Waals surface area (Å²) in [7, 11) is 1.57. The van der Waals surface area contributed by atoms with E-state index < -0.39 is 12.0 Å². The summed E-state index contributed by atoms with van der Waals surface area (Å²) in [6.07, 6.45) is 1.84. The topological polar surface area (TPSA) is 69.9 Å². The zero-order valence-corrected chi connectivity index (χ0v) is 18.3. The predicted octanol–water partition coefficient (Wildman–Crippen LogP) is 2.81. The van der Waals surface area contributed by atoms with Crippen molar-refractivity contribution >= 4 is 23.4 Å². The van der Waals surface area contributed by atoms with E-state index in [1.54, 1.807) is 25.5 Å². The van der Waals surface area contributed by atoms with Gasteiger partial charge >= 0.3 is 5.97 Å². The van der Waals surface area contributed by atoms with Gasteiger partial charge in [0.1, 0.15) is 11.8 Å². The lowest BCUT2D eigenvalue weighted by atomic mass is 9.95. The number of aromatic nitrogens is 1. The number of benzene rings is 2. The average molecular weight is 435 g/mol. The zero-order chi connectivity index (χ0) is 22.0. The summed E-state index contributed by atoms with van der Waals surface area (Å²) in [4.78, 5) is 31.5. The molecule has 0 saturated carbocycles. The number of carbonyl (C=O) groups is 1. The molecule has 1 unspecified atom stereocenters. The van der Waals surface area contributed by atoms with Crippen LogP contribution in [0.2, 0.25) is 0 Å². The first kappa shape index (κ1) is 20.8. The largest absolute Gasteiger partial charge is 0.496 e. The summed E-state index contributed by atoms with van der Waals surface area (Å²) >= 11 is 1.30. The second-order valence-electron chi connectivity index (χ2n) is 6.95. The Morgan fingerprint density at radius 1 is 1.16 bits per heavy atom. The lowest BCUT2D eigenvalue weighted by Crippen LogP contribution is -2.40. The average Bonchev–Trinajstić information content (AvgIpc) is 3.08. The fourth-order valence-electron chi connectivity index (χ4n) is 3.68. The van der Waals surface area contributed by atoms with Gasteiger partial charge in [0.05, 0.1) is 29.5 Å². The summed E-state index contributed by atoms with van der Waals surface area (Å²) in [5.74, 6) is 0.0960. The number of ether oxygens (including phenoxy) is 2. The van der Waals surface area contributed by atoms with Crippen molar-refractivity contribution < 1.29 is 14.3 Å². The molecule has 6 nitrogen and oxygen atoms in total. The van der Waals surface area contributed by atoms with Crippen molar-refractivity contribution in [2.45, 2.75) is 19.9 Å². The van der Waals surface area contributed by atoms with Crippen LogP contribution in [0.3, 0.4) is 0 Å². The number of thiazole rings is 1. The van der Waals surface area contributed by atoms with Gasteiger partial charge in [-0.2, -0.15) is 0 Å². The van der Waals surface area contributed by atoms with Gasteiger partial charge < -0.3 is 9.47 Å². The number of nitrogens with zero attached hydrogens (tertiary/aromatic N) is 2. The molecule has 0 radical (unpaired) electrons. The van der Waals surface area contributed by atoms with Crippen LogP contribution in [0.25, 0.3) is 6.08 Å². The summed E-state index contributed by atoms with van der Waals surface area (Å²) in [5, 5.41) is 0. The molecule has 2 heterocycles. The number of allylic oxidation sites excluding steroid dienone is 1. The Morgan fingerprint density at radius 3 is 2.58 bits per heavy atom. The van der Waals surface area contributed by atoms with E-state index in [2.05, 4.69) is 4.99 Å². The van der Waals surface area contributed by atoms with Gasteiger partial charge in [0, 0.05) is 5.56 Å². The molecule has 1 aliphatic heterocycles. The van der Waals surface area contributed by atoms with E-state index >= 15 is 0 Å². The second kappa shape index (κ2) is 8.73. The molecular weight excluding hydrogens is 412 g/mol. The lowest BCUT2D eigenvalue weighted by molar-refractivity contribution is -0.139. The molecule has 0 saturated heterocycles. The number of methoxy groups -OCH3 is 1. The minimum absolute atomic E-state index is 0.210. The van der Waals surface area contributed by atoms with Crippen LogP contribution in [0.1, 0.15) is 31.0 Å². The number of carbonyl (C=O) groups excluding carboxylic acids is 1. The molecule has 31 heavy (non-hydrogen) atoms. The van der Waals surface area contributed by atoms with Crippen molar-refractivity contribution in [3.8, 4) is 5.75 Å². The Kier molecular flexibility index (Phi) is 5.86. The highest BCUT2D eigenvalue weighted by atomic mass is 32.1. The molecule has 4 rings (SSSR count). The van der Waals surface area contributed by atoms with Gasteiger partial charge in [-0.25, -0.2) is 9.79 Å². The highest BCUT2D eigenvalue weighted by Crippen LogP contribution is 2.35. The second-order valence-corrected chi connectivity index (χ2v) is 7.96. The van der Waals surface area contributed by atoms with Crippen LogP contribution in [-0.4, -0.2) is 24.3 Å². The van der Waals surface area contributed by atoms with E-state index in [0.29, 0.717) is 31.9 Å². The fraction of sp³-hybridized carbons (Fsp3) is 0.208. The van der Waals surface area contributed by atoms with Gasteiger partial charge in [-0.3, -0.25) is 9.36 Å². The molecule has 3 aromatic rings. The number of hydrogen-bond donors (Lipinski definition) is 0. The number of rotatable bonds is 5. The van der Waals surface area contributed by atoms with Gasteiger partial charge in [-0.1, -0.05) is 59.9 Å². The molecule has 0 amide bonds. The molecule has 0 N–H and O–H groups in total. The maximum absolute atomic E-state index is 13.5. The van der Waals surface area contributed by atoms with E-state index in [4.69, 9.17) is 9.47 Å². The Labute approximate surface area is 183 Å². The minimum Gasteiger partial charge on any atom is -0.496 e. The van der Waals surface area contributed by atoms with Gasteiger partial charge in [0.15, 0.2) is 4.80 Å². The maximum atomic E-state index is 13.5. The normalized spacial score (nSPS) is 16.0. The van der Waals surface area contributed by atoms with Gasteiger partial charge in [-0.05, 0) is 31.6 Å². The summed E-state index contributed by atoms with van der Waals surface area (Å²) in [5.41, 5.74) is 2.28. The van der Waals surface area contributed by atoms with Crippen LogP contribution in [-0.2, 0) is 9.53 Å². The monoisotopic (exact) mass is 434 g/mol. The molecule has 1 aliphatic rings. The summed E-state index contributed by atoms with van der Waals surface area (Å²) in [6.45, 7) is 3.75. The Morgan fingerprint density at radius 2 is 1.87 bits per heavy atom. The third kappa shape index (κ3) is 3.84. The van der Waals surface area contributed by atoms with E-state index in [1.807, 2.05) is 60.7 Å². The maximum Gasteiger partial charge on any atom is 0.338 e. The number of fused-ring (bicyclic) bond motifs is 1. The van der Waals surface area contributed by atoms with E-state index in [-0.39, 0.29) is 12.2 Å². The summed E-state index contributed by atoms with van der Waals surface area (Å²) < 4.78 is 13.0. The van der Waals surface area contributed by atoms with Gasteiger partial charge in [0.2, 0.25) is 0 Å². The molecule has 158 valence electrons. The van der Waals surface area contributed by atoms with E-state index in [0.717, 1.165) is 5.56 Å². The Hall–Kier alpha value is -3.45. The molecule has 0 fully saturated rings. The van der Waals surface area contributed by atoms with Crippen molar-refractivity contribution in [2.24, 2.45) is 4.99 Å². The minimum atomic E-state index is -0.690. The highest BCUT2D eigenvalue weighted by Gasteiger charge is 2.34. The van der Waals surface area contributed by atoms with Crippen LogP contribution in [0.15, 0.2) is 75.7 Å². The number of esters is 1. The van der Waals surface area contributed by atoms with Gasteiger partial charge in [0.25, 0.3) is 5.56 Å². The first-order valence-corrected chi connectivity index (χ1v) is 10.7. The Bertz CT molecular complexity index is 1340. The van der Waals surface area contributed by atoms with Crippen LogP contribution in [0.5, 0.6) is 5.75 Å². The molecule has 1 aromatic heterocycles. The zero-order valence-electron chi connectivity index (χ0n) is 17.5. The lowest BCUT2D eigenvalue weighted by Gasteiger charge is -2.25. The number of hydrogen-bond acceptors (Lipinski definition) is 6. The standard InChI is InChI=1S/C24H22N2O4S/c1-4-30-23(28)20-15(2)25-24-26(21(20)17-12-8-9-13-18(17)29-3)22(27)19(31-24)14-16-10-6-5-7-11-16/h5-14,21H,4H2,1-3H3/b19-14-. The van der Waals surface area contributed by atoms with Crippen LogP contribution < -0.4 is 19.6 Å². The van der Waals surface area contributed by atoms with Crippen molar-refractivity contribution in [1.29, 1.82) is 0 Å². The van der Waals surface area contributed by atoms with Crippen LogP contribution >= 0.6 is 11.3 Å². The molecule has 0 aliphatic carbocycles. The molecule has 0 spiro atoms. The first-order valence-electron chi connectivity index (χ1n) is 9.92. The third-order valence-electron chi connectivity index (χ3n) is 5.05. The Balaban J connectivity index is 2.00. The van der Waals surface area contributed by atoms with Crippen molar-refractivity contribution in [3.05, 3.63) is 96.7 Å². The number of para-hydroxylation sites is 1. The molecule has 7 heteroatoms. The predicted molar refractivity (Wildman–Crippen MR) is 120 cm³/mol. The highest BCUT2D eigenvalue weighted by molar-refractivity contribution is 7.07. The van der Waals surface area contributed by atoms with Crippen molar-refractivity contribution in [1.82, 2.24) is 4.57 Å². The van der Waals surface area contributed by atoms with Gasteiger partial charge in [-0.15, -0.1) is 0 Å². The van der Waals surface area contributed by atoms with Crippen molar-refractivity contribution in [3.63, 3.8) is 0 Å². The third-order valence-corrected chi connectivity index (χ3v) is 6.03. The fourth-order valence-corrected chi connectivity index (χ4v) is 4.73. The van der Waals surface area contributed by atoms with E-state index in [1.165, 1.54) is 11.3 Å². The van der Waals surface area contributed by atoms with Crippen LogP contribution in [0, 0.1) is 0 Å². The SMILES string of the molecule is CCOC(=O)C1=C(C)N=c2s/c(=C\c3ccccc3)c(=O)n2C1c1ccccc1OC. The molecule has 0 bridgehead atoms. The molecular formula is C24H22N2O4S. The smallest absolute Gasteiger partial charge is 0.338 e.